The molecule has 39 heavy (non-hydrogen) atoms. The standard InChI is InChI=1S/C28H40F2N4O4S/c1-26(2,3)39(37,38)32-19-4-5-21(23(18-19)33-16-13-27(11-12-27)14-17-33)24(35)31-22-8-15-34(25(22)36)20-6-9-28(29,30)10-7-20/h4-5,18,20,22,32H,6-17H2,1-3H3,(H,31,35). The highest BCUT2D eigenvalue weighted by atomic mass is 32.2. The predicted molar refractivity (Wildman–Crippen MR) is 147 cm³/mol. The topological polar surface area (TPSA) is 98.8 Å². The number of rotatable bonds is 6. The van der Waals surface area contributed by atoms with E-state index in [4.69, 9.17) is 0 Å². The van der Waals surface area contributed by atoms with Gasteiger partial charge in [-0.1, -0.05) is 0 Å². The molecule has 1 atom stereocenters. The molecule has 1 unspecified atom stereocenters. The fourth-order valence-corrected chi connectivity index (χ4v) is 6.77. The molecular formula is C28H40F2N4O4S. The molecule has 2 amide bonds. The summed E-state index contributed by atoms with van der Waals surface area (Å²) in [6, 6.07) is 4.00. The largest absolute Gasteiger partial charge is 0.371 e. The van der Waals surface area contributed by atoms with Crippen LogP contribution in [0.15, 0.2) is 18.2 Å². The van der Waals surface area contributed by atoms with Crippen LogP contribution in [0, 0.1) is 5.41 Å². The van der Waals surface area contributed by atoms with Crippen molar-refractivity contribution in [2.45, 2.75) is 101 Å². The number of alkyl halides is 2. The molecular weight excluding hydrogens is 526 g/mol. The molecule has 0 bridgehead atoms. The van der Waals surface area contributed by atoms with Crippen molar-refractivity contribution < 1.29 is 26.8 Å². The molecule has 1 aromatic carbocycles. The van der Waals surface area contributed by atoms with Gasteiger partial charge >= 0.3 is 0 Å². The molecule has 2 heterocycles. The van der Waals surface area contributed by atoms with Crippen LogP contribution in [0.4, 0.5) is 20.2 Å². The Morgan fingerprint density at radius 1 is 0.974 bits per heavy atom. The van der Waals surface area contributed by atoms with Crippen LogP contribution in [0.1, 0.15) is 88.9 Å². The second kappa shape index (κ2) is 9.89. The summed E-state index contributed by atoms with van der Waals surface area (Å²) in [7, 11) is -3.66. The lowest BCUT2D eigenvalue weighted by atomic mass is 9.91. The lowest BCUT2D eigenvalue weighted by Gasteiger charge is -2.35. The van der Waals surface area contributed by atoms with Crippen molar-refractivity contribution in [3.63, 3.8) is 0 Å². The summed E-state index contributed by atoms with van der Waals surface area (Å²) in [6.07, 6.45) is 5.07. The van der Waals surface area contributed by atoms with E-state index >= 15 is 0 Å². The Morgan fingerprint density at radius 2 is 1.62 bits per heavy atom. The molecule has 2 aliphatic heterocycles. The minimum atomic E-state index is -3.66. The van der Waals surface area contributed by atoms with E-state index in [1.165, 1.54) is 12.8 Å². The number of sulfonamides is 1. The lowest BCUT2D eigenvalue weighted by Crippen LogP contribution is -2.46. The van der Waals surface area contributed by atoms with Crippen molar-refractivity contribution in [2.75, 3.05) is 29.3 Å². The van der Waals surface area contributed by atoms with E-state index in [2.05, 4.69) is 14.9 Å². The molecule has 4 aliphatic rings. The number of carbonyl (C=O) groups excluding carboxylic acids is 2. The highest BCUT2D eigenvalue weighted by Gasteiger charge is 2.45. The zero-order chi connectivity index (χ0) is 28.2. The van der Waals surface area contributed by atoms with Crippen LogP contribution in [-0.2, 0) is 14.8 Å². The summed E-state index contributed by atoms with van der Waals surface area (Å²) in [5.41, 5.74) is 1.85. The first-order valence-electron chi connectivity index (χ1n) is 14.1. The van der Waals surface area contributed by atoms with Crippen molar-refractivity contribution in [1.82, 2.24) is 10.2 Å². The maximum atomic E-state index is 13.6. The minimum Gasteiger partial charge on any atom is -0.371 e. The molecule has 0 aromatic heterocycles. The molecule has 1 spiro atoms. The SMILES string of the molecule is CC(C)(C)S(=O)(=O)Nc1ccc(C(=O)NC2CCN(C3CCC(F)(F)CC3)C2=O)c(N2CCC3(CC2)CC3)c1. The van der Waals surface area contributed by atoms with E-state index in [0.717, 1.165) is 25.9 Å². The van der Waals surface area contributed by atoms with Crippen LogP contribution in [0.5, 0.6) is 0 Å². The van der Waals surface area contributed by atoms with Gasteiger partial charge in [0.05, 0.1) is 21.7 Å². The molecule has 4 fully saturated rings. The zero-order valence-corrected chi connectivity index (χ0v) is 23.9. The Morgan fingerprint density at radius 3 is 2.21 bits per heavy atom. The Hall–Kier alpha value is -2.43. The first-order valence-corrected chi connectivity index (χ1v) is 15.6. The monoisotopic (exact) mass is 566 g/mol. The Bertz CT molecular complexity index is 1220. The summed E-state index contributed by atoms with van der Waals surface area (Å²) in [5, 5.41) is 2.89. The van der Waals surface area contributed by atoms with Crippen LogP contribution < -0.4 is 14.9 Å². The maximum Gasteiger partial charge on any atom is 0.254 e. The lowest BCUT2D eigenvalue weighted by molar-refractivity contribution is -0.134. The van der Waals surface area contributed by atoms with Crippen LogP contribution in [-0.4, -0.2) is 67.5 Å². The Labute approximate surface area is 229 Å². The van der Waals surface area contributed by atoms with Gasteiger partial charge in [0, 0.05) is 38.5 Å². The molecule has 2 saturated heterocycles. The Balaban J connectivity index is 1.33. The van der Waals surface area contributed by atoms with Gasteiger partial charge in [-0.15, -0.1) is 0 Å². The number of amides is 2. The number of carbonyl (C=O) groups is 2. The molecule has 8 nitrogen and oxygen atoms in total. The van der Waals surface area contributed by atoms with E-state index in [1.54, 1.807) is 43.9 Å². The number of nitrogens with zero attached hydrogens (tertiary/aromatic N) is 2. The fraction of sp³-hybridized carbons (Fsp3) is 0.714. The van der Waals surface area contributed by atoms with Crippen molar-refractivity contribution in [3.8, 4) is 0 Å². The number of anilines is 2. The van der Waals surface area contributed by atoms with E-state index in [-0.39, 0.29) is 37.6 Å². The molecule has 2 saturated carbocycles. The second-order valence-corrected chi connectivity index (χ2v) is 15.3. The minimum absolute atomic E-state index is 0.215. The number of halogens is 2. The first-order chi connectivity index (χ1) is 18.2. The molecule has 216 valence electrons. The van der Waals surface area contributed by atoms with Gasteiger partial charge < -0.3 is 15.1 Å². The third-order valence-corrected chi connectivity index (χ3v) is 11.2. The average molecular weight is 567 g/mol. The zero-order valence-electron chi connectivity index (χ0n) is 23.1. The third kappa shape index (κ3) is 5.88. The van der Waals surface area contributed by atoms with E-state index < -0.39 is 32.6 Å². The summed E-state index contributed by atoms with van der Waals surface area (Å²) in [4.78, 5) is 30.5. The van der Waals surface area contributed by atoms with Gasteiger partial charge in [-0.05, 0) is 89.3 Å². The summed E-state index contributed by atoms with van der Waals surface area (Å²) >= 11 is 0. The quantitative estimate of drug-likeness (QED) is 0.528. The highest BCUT2D eigenvalue weighted by molar-refractivity contribution is 7.94. The molecule has 5 rings (SSSR count). The number of hydrogen-bond acceptors (Lipinski definition) is 5. The van der Waals surface area contributed by atoms with Crippen molar-refractivity contribution in [1.29, 1.82) is 0 Å². The summed E-state index contributed by atoms with van der Waals surface area (Å²) < 4.78 is 54.5. The Kier molecular flexibility index (Phi) is 7.13. The van der Waals surface area contributed by atoms with E-state index in [1.807, 2.05) is 0 Å². The normalized spacial score (nSPS) is 25.2. The number of nitrogens with one attached hydrogen (secondary N) is 2. The molecule has 2 aliphatic carbocycles. The van der Waals surface area contributed by atoms with Crippen molar-refractivity contribution in [3.05, 3.63) is 23.8 Å². The first kappa shape index (κ1) is 28.1. The summed E-state index contributed by atoms with van der Waals surface area (Å²) in [6.45, 7) is 6.86. The van der Waals surface area contributed by atoms with Gasteiger partial charge in [0.25, 0.3) is 5.91 Å². The number of benzene rings is 1. The van der Waals surface area contributed by atoms with E-state index in [0.29, 0.717) is 35.3 Å². The molecule has 0 radical (unpaired) electrons. The van der Waals surface area contributed by atoms with Gasteiger partial charge in [0.1, 0.15) is 6.04 Å². The van der Waals surface area contributed by atoms with Gasteiger partial charge in [0.15, 0.2) is 0 Å². The fourth-order valence-electron chi connectivity index (χ4n) is 6.03. The molecule has 2 N–H and O–H groups in total. The van der Waals surface area contributed by atoms with E-state index in [9.17, 15) is 26.8 Å². The van der Waals surface area contributed by atoms with Crippen LogP contribution in [0.25, 0.3) is 0 Å². The summed E-state index contributed by atoms with van der Waals surface area (Å²) in [5.74, 6) is -3.27. The molecule has 11 heteroatoms. The maximum absolute atomic E-state index is 13.6. The van der Waals surface area contributed by atoms with Crippen LogP contribution in [0.3, 0.4) is 0 Å². The smallest absolute Gasteiger partial charge is 0.254 e. The predicted octanol–water partition coefficient (Wildman–Crippen LogP) is 4.52. The number of likely N-dealkylation sites (tertiary alicyclic amines) is 1. The van der Waals surface area contributed by atoms with Gasteiger partial charge in [-0.3, -0.25) is 14.3 Å². The third-order valence-electron chi connectivity index (χ3n) is 9.10. The van der Waals surface area contributed by atoms with Gasteiger partial charge in [0.2, 0.25) is 21.9 Å². The highest BCUT2D eigenvalue weighted by Crippen LogP contribution is 2.54. The average Bonchev–Trinajstić information content (AvgIpc) is 3.52. The van der Waals surface area contributed by atoms with Gasteiger partial charge in [-0.25, -0.2) is 17.2 Å². The second-order valence-electron chi connectivity index (χ2n) is 12.9. The molecule has 1 aromatic rings. The van der Waals surface area contributed by atoms with Crippen LogP contribution in [0.2, 0.25) is 0 Å². The van der Waals surface area contributed by atoms with Crippen LogP contribution >= 0.6 is 0 Å². The van der Waals surface area contributed by atoms with Crippen molar-refractivity contribution >= 4 is 33.2 Å². The number of piperidine rings is 1. The number of hydrogen-bond donors (Lipinski definition) is 2. The van der Waals surface area contributed by atoms with Gasteiger partial charge in [-0.2, -0.15) is 0 Å². The van der Waals surface area contributed by atoms with Crippen molar-refractivity contribution in [2.24, 2.45) is 5.41 Å².